The minimum absolute atomic E-state index is 0.0216. The number of nitrogens with zero attached hydrogens (tertiary/aromatic N) is 1. The van der Waals surface area contributed by atoms with E-state index in [0.29, 0.717) is 30.2 Å². The minimum atomic E-state index is -0.258. The lowest BCUT2D eigenvalue weighted by Gasteiger charge is -2.37. The van der Waals surface area contributed by atoms with Gasteiger partial charge in [-0.1, -0.05) is 41.1 Å². The van der Waals surface area contributed by atoms with Crippen LogP contribution >= 0.6 is 15.9 Å². The highest BCUT2D eigenvalue weighted by Crippen LogP contribution is 2.39. The van der Waals surface area contributed by atoms with Crippen LogP contribution in [-0.4, -0.2) is 38.2 Å². The van der Waals surface area contributed by atoms with Crippen LogP contribution in [0.5, 0.6) is 17.2 Å². The zero-order valence-electron chi connectivity index (χ0n) is 19.1. The van der Waals surface area contributed by atoms with Crippen LogP contribution < -0.4 is 14.2 Å². The number of amides is 1. The Morgan fingerprint density at radius 2 is 1.76 bits per heavy atom. The summed E-state index contributed by atoms with van der Waals surface area (Å²) in [5, 5.41) is 0. The summed E-state index contributed by atoms with van der Waals surface area (Å²) in [6.07, 6.45) is 1.71. The van der Waals surface area contributed by atoms with Gasteiger partial charge in [0.05, 0.1) is 20.3 Å². The van der Waals surface area contributed by atoms with Gasteiger partial charge in [-0.2, -0.15) is 0 Å². The molecule has 3 aromatic rings. The summed E-state index contributed by atoms with van der Waals surface area (Å²) in [5.41, 5.74) is 4.06. The lowest BCUT2D eigenvalue weighted by atomic mass is 9.91. The van der Waals surface area contributed by atoms with Gasteiger partial charge in [0.2, 0.25) is 0 Å². The number of fused-ring (bicyclic) bond motifs is 1. The van der Waals surface area contributed by atoms with E-state index in [4.69, 9.17) is 14.2 Å². The molecule has 1 atom stereocenters. The summed E-state index contributed by atoms with van der Waals surface area (Å²) in [4.78, 5) is 15.4. The van der Waals surface area contributed by atoms with Gasteiger partial charge in [0.15, 0.2) is 11.5 Å². The normalized spacial score (nSPS) is 15.0. The summed E-state index contributed by atoms with van der Waals surface area (Å²) in [5.74, 6) is 2.10. The molecule has 0 radical (unpaired) electrons. The number of benzene rings is 3. The molecule has 0 aromatic heterocycles. The molecule has 0 N–H and O–H groups in total. The van der Waals surface area contributed by atoms with E-state index in [0.717, 1.165) is 34.2 Å². The standard InChI is InChI=1S/C27H28BrNO4/c1-4-18-8-10-22(11-9-18)33-17-24-23-16-26(32-3)25(31-2)15-19(23)12-13-29(24)27(30)20-6-5-7-21(28)14-20/h5-11,14-16,24H,4,12-13,17H2,1-3H3. The molecule has 172 valence electrons. The van der Waals surface area contributed by atoms with Crippen LogP contribution in [0.1, 0.15) is 40.0 Å². The van der Waals surface area contributed by atoms with Crippen LogP contribution in [0.4, 0.5) is 0 Å². The Hall–Kier alpha value is -2.99. The van der Waals surface area contributed by atoms with Crippen molar-refractivity contribution in [2.75, 3.05) is 27.4 Å². The Labute approximate surface area is 203 Å². The second-order valence-corrected chi connectivity index (χ2v) is 8.90. The Bertz CT molecular complexity index is 1130. The Balaban J connectivity index is 1.69. The fourth-order valence-electron chi connectivity index (χ4n) is 4.23. The van der Waals surface area contributed by atoms with Crippen LogP contribution in [0.15, 0.2) is 65.1 Å². The number of methoxy groups -OCH3 is 2. The molecule has 3 aromatic carbocycles. The van der Waals surface area contributed by atoms with Crippen molar-refractivity contribution in [2.45, 2.75) is 25.8 Å². The third-order valence-corrected chi connectivity index (χ3v) is 6.57. The molecule has 1 unspecified atom stereocenters. The number of ether oxygens (including phenoxy) is 3. The zero-order valence-corrected chi connectivity index (χ0v) is 20.7. The molecule has 1 aliphatic rings. The predicted molar refractivity (Wildman–Crippen MR) is 132 cm³/mol. The van der Waals surface area contributed by atoms with Crippen molar-refractivity contribution in [2.24, 2.45) is 0 Å². The van der Waals surface area contributed by atoms with E-state index >= 15 is 0 Å². The molecular weight excluding hydrogens is 482 g/mol. The maximum Gasteiger partial charge on any atom is 0.254 e. The molecule has 0 fully saturated rings. The fraction of sp³-hybridized carbons (Fsp3) is 0.296. The number of carbonyl (C=O) groups is 1. The topological polar surface area (TPSA) is 48.0 Å². The van der Waals surface area contributed by atoms with Crippen LogP contribution in [0.2, 0.25) is 0 Å². The number of carbonyl (C=O) groups excluding carboxylic acids is 1. The van der Waals surface area contributed by atoms with Crippen LogP contribution in [0, 0.1) is 0 Å². The van der Waals surface area contributed by atoms with Crippen molar-refractivity contribution in [3.8, 4) is 17.2 Å². The number of halogens is 1. The second kappa shape index (κ2) is 10.3. The lowest BCUT2D eigenvalue weighted by molar-refractivity contribution is 0.0589. The minimum Gasteiger partial charge on any atom is -0.493 e. The van der Waals surface area contributed by atoms with E-state index in [9.17, 15) is 4.79 Å². The highest BCUT2D eigenvalue weighted by atomic mass is 79.9. The molecule has 5 nitrogen and oxygen atoms in total. The highest BCUT2D eigenvalue weighted by molar-refractivity contribution is 9.10. The van der Waals surface area contributed by atoms with Gasteiger partial charge in [-0.25, -0.2) is 0 Å². The van der Waals surface area contributed by atoms with Gasteiger partial charge in [-0.15, -0.1) is 0 Å². The largest absolute Gasteiger partial charge is 0.493 e. The molecule has 33 heavy (non-hydrogen) atoms. The zero-order chi connectivity index (χ0) is 23.4. The molecule has 1 amide bonds. The first kappa shape index (κ1) is 23.2. The van der Waals surface area contributed by atoms with Crippen molar-refractivity contribution < 1.29 is 19.0 Å². The van der Waals surface area contributed by atoms with Crippen molar-refractivity contribution in [3.63, 3.8) is 0 Å². The average Bonchev–Trinajstić information content (AvgIpc) is 2.86. The first-order chi connectivity index (χ1) is 16.0. The van der Waals surface area contributed by atoms with Crippen LogP contribution in [0.25, 0.3) is 0 Å². The van der Waals surface area contributed by atoms with Gasteiger partial charge >= 0.3 is 0 Å². The molecule has 0 saturated heterocycles. The molecule has 6 heteroatoms. The van der Waals surface area contributed by atoms with Gasteiger partial charge in [0, 0.05) is 16.6 Å². The van der Waals surface area contributed by atoms with Crippen molar-refractivity contribution in [1.82, 2.24) is 4.90 Å². The summed E-state index contributed by atoms with van der Waals surface area (Å²) >= 11 is 3.48. The molecular formula is C27H28BrNO4. The van der Waals surface area contributed by atoms with Crippen molar-refractivity contribution >= 4 is 21.8 Å². The van der Waals surface area contributed by atoms with E-state index in [-0.39, 0.29) is 11.9 Å². The molecule has 0 spiro atoms. The summed E-state index contributed by atoms with van der Waals surface area (Å²) in [6, 6.07) is 19.3. The summed E-state index contributed by atoms with van der Waals surface area (Å²) in [6.45, 7) is 3.06. The van der Waals surface area contributed by atoms with Crippen LogP contribution in [0.3, 0.4) is 0 Å². The molecule has 1 aliphatic heterocycles. The Morgan fingerprint density at radius 1 is 1.03 bits per heavy atom. The average molecular weight is 510 g/mol. The smallest absolute Gasteiger partial charge is 0.254 e. The molecule has 0 aliphatic carbocycles. The molecule has 1 heterocycles. The van der Waals surface area contributed by atoms with E-state index in [2.05, 4.69) is 35.0 Å². The number of aryl methyl sites for hydroxylation is 1. The quantitative estimate of drug-likeness (QED) is 0.400. The van der Waals surface area contributed by atoms with Gasteiger partial charge in [-0.05, 0) is 72.0 Å². The third-order valence-electron chi connectivity index (χ3n) is 6.07. The first-order valence-corrected chi connectivity index (χ1v) is 11.9. The third kappa shape index (κ3) is 5.01. The lowest BCUT2D eigenvalue weighted by Crippen LogP contribution is -2.42. The number of rotatable bonds is 7. The maximum absolute atomic E-state index is 13.5. The first-order valence-electron chi connectivity index (χ1n) is 11.1. The van der Waals surface area contributed by atoms with Gasteiger partial charge in [0.1, 0.15) is 12.4 Å². The van der Waals surface area contributed by atoms with Gasteiger partial charge in [-0.3, -0.25) is 4.79 Å². The van der Waals surface area contributed by atoms with Gasteiger partial charge < -0.3 is 19.1 Å². The van der Waals surface area contributed by atoms with E-state index < -0.39 is 0 Å². The van der Waals surface area contributed by atoms with Crippen molar-refractivity contribution in [3.05, 3.63) is 87.4 Å². The SMILES string of the molecule is CCc1ccc(OCC2c3cc(OC)c(OC)cc3CCN2C(=O)c2cccc(Br)c2)cc1. The van der Waals surface area contributed by atoms with E-state index in [1.165, 1.54) is 5.56 Å². The van der Waals surface area contributed by atoms with Crippen molar-refractivity contribution in [1.29, 1.82) is 0 Å². The second-order valence-electron chi connectivity index (χ2n) is 7.99. The fourth-order valence-corrected chi connectivity index (χ4v) is 4.63. The van der Waals surface area contributed by atoms with Crippen LogP contribution in [-0.2, 0) is 12.8 Å². The summed E-state index contributed by atoms with van der Waals surface area (Å²) < 4.78 is 18.1. The Kier molecular flexibility index (Phi) is 7.23. The summed E-state index contributed by atoms with van der Waals surface area (Å²) in [7, 11) is 3.26. The van der Waals surface area contributed by atoms with E-state index in [1.54, 1.807) is 14.2 Å². The molecule has 4 rings (SSSR count). The van der Waals surface area contributed by atoms with E-state index in [1.807, 2.05) is 53.4 Å². The van der Waals surface area contributed by atoms with Gasteiger partial charge in [0.25, 0.3) is 5.91 Å². The number of hydrogen-bond donors (Lipinski definition) is 0. The predicted octanol–water partition coefficient (Wildman–Crippen LogP) is 5.85. The monoisotopic (exact) mass is 509 g/mol. The number of hydrogen-bond acceptors (Lipinski definition) is 4. The molecule has 0 saturated carbocycles. The molecule has 0 bridgehead atoms. The Morgan fingerprint density at radius 3 is 2.42 bits per heavy atom. The maximum atomic E-state index is 13.5. The highest BCUT2D eigenvalue weighted by Gasteiger charge is 2.33.